The van der Waals surface area contributed by atoms with Crippen molar-refractivity contribution in [2.45, 2.75) is 25.1 Å². The molecule has 0 bridgehead atoms. The van der Waals surface area contributed by atoms with Gasteiger partial charge in [0.15, 0.2) is 0 Å². The quantitative estimate of drug-likeness (QED) is 0.894. The van der Waals surface area contributed by atoms with Crippen LogP contribution in [0.2, 0.25) is 0 Å². The Bertz CT molecular complexity index is 325. The molecule has 1 N–H and O–H groups in total. The van der Waals surface area contributed by atoms with Gasteiger partial charge in [0.25, 0.3) is 0 Å². The standard InChI is InChI=1S/C10H10BrF3O/c11-8-3-1-2-7(6-8)9(15)4-5-10(12,13)14/h1-3,6,9,15H,4-5H2. The van der Waals surface area contributed by atoms with E-state index in [0.29, 0.717) is 5.56 Å². The lowest BCUT2D eigenvalue weighted by Gasteiger charge is -2.12. The lowest BCUT2D eigenvalue weighted by atomic mass is 10.1. The number of aliphatic hydroxyl groups is 1. The van der Waals surface area contributed by atoms with Gasteiger partial charge in [-0.1, -0.05) is 28.1 Å². The van der Waals surface area contributed by atoms with Gasteiger partial charge in [0.1, 0.15) is 0 Å². The van der Waals surface area contributed by atoms with E-state index in [9.17, 15) is 18.3 Å². The highest BCUT2D eigenvalue weighted by Crippen LogP contribution is 2.28. The maximum Gasteiger partial charge on any atom is 0.389 e. The van der Waals surface area contributed by atoms with Gasteiger partial charge in [0.05, 0.1) is 6.10 Å². The van der Waals surface area contributed by atoms with Crippen molar-refractivity contribution < 1.29 is 18.3 Å². The number of aliphatic hydroxyl groups excluding tert-OH is 1. The number of hydrogen-bond acceptors (Lipinski definition) is 1. The summed E-state index contributed by atoms with van der Waals surface area (Å²) >= 11 is 3.19. The number of benzene rings is 1. The van der Waals surface area contributed by atoms with Gasteiger partial charge < -0.3 is 5.11 Å². The fourth-order valence-electron chi connectivity index (χ4n) is 1.18. The molecule has 0 saturated carbocycles. The minimum absolute atomic E-state index is 0.306. The van der Waals surface area contributed by atoms with E-state index in [1.165, 1.54) is 0 Å². The highest BCUT2D eigenvalue weighted by Gasteiger charge is 2.28. The Morgan fingerprint density at radius 2 is 2.00 bits per heavy atom. The first-order chi connectivity index (χ1) is 6.88. The molecule has 0 spiro atoms. The molecule has 0 amide bonds. The van der Waals surface area contributed by atoms with Crippen molar-refractivity contribution >= 4 is 15.9 Å². The molecule has 1 atom stereocenters. The third-order valence-electron chi connectivity index (χ3n) is 1.93. The maximum absolute atomic E-state index is 11.9. The van der Waals surface area contributed by atoms with E-state index in [4.69, 9.17) is 0 Å². The van der Waals surface area contributed by atoms with Crippen LogP contribution in [0.4, 0.5) is 13.2 Å². The van der Waals surface area contributed by atoms with Gasteiger partial charge in [-0.15, -0.1) is 0 Å². The Morgan fingerprint density at radius 1 is 1.33 bits per heavy atom. The summed E-state index contributed by atoms with van der Waals surface area (Å²) in [5, 5.41) is 9.49. The first kappa shape index (κ1) is 12.5. The Labute approximate surface area is 94.0 Å². The molecule has 1 rings (SSSR count). The number of halogens is 4. The smallest absolute Gasteiger partial charge is 0.388 e. The zero-order valence-electron chi connectivity index (χ0n) is 7.76. The average Bonchev–Trinajstić information content (AvgIpc) is 2.13. The second-order valence-electron chi connectivity index (χ2n) is 3.22. The highest BCUT2D eigenvalue weighted by atomic mass is 79.9. The zero-order chi connectivity index (χ0) is 11.5. The summed E-state index contributed by atoms with van der Waals surface area (Å²) in [6.07, 6.45) is -6.56. The lowest BCUT2D eigenvalue weighted by molar-refractivity contribution is -0.140. The topological polar surface area (TPSA) is 20.2 Å². The fourth-order valence-corrected chi connectivity index (χ4v) is 1.60. The predicted molar refractivity (Wildman–Crippen MR) is 54.4 cm³/mol. The maximum atomic E-state index is 11.9. The minimum Gasteiger partial charge on any atom is -0.388 e. The first-order valence-corrected chi connectivity index (χ1v) is 5.18. The van der Waals surface area contributed by atoms with E-state index < -0.39 is 18.7 Å². The van der Waals surface area contributed by atoms with Crippen LogP contribution in [0.15, 0.2) is 28.7 Å². The van der Waals surface area contributed by atoms with Crippen molar-refractivity contribution in [2.24, 2.45) is 0 Å². The van der Waals surface area contributed by atoms with Gasteiger partial charge >= 0.3 is 6.18 Å². The molecule has 5 heteroatoms. The molecule has 1 unspecified atom stereocenters. The molecular formula is C10H10BrF3O. The molecule has 1 nitrogen and oxygen atoms in total. The SMILES string of the molecule is OC(CCC(F)(F)F)c1cccc(Br)c1. The number of alkyl halides is 3. The molecule has 0 aliphatic carbocycles. The summed E-state index contributed by atoms with van der Waals surface area (Å²) in [6.45, 7) is 0. The number of hydrogen-bond donors (Lipinski definition) is 1. The molecule has 0 heterocycles. The van der Waals surface area contributed by atoms with Gasteiger partial charge in [-0.25, -0.2) is 0 Å². The molecule has 15 heavy (non-hydrogen) atoms. The molecular weight excluding hydrogens is 273 g/mol. The van der Waals surface area contributed by atoms with Gasteiger partial charge in [-0.2, -0.15) is 13.2 Å². The Balaban J connectivity index is 2.58. The van der Waals surface area contributed by atoms with Crippen molar-refractivity contribution in [1.82, 2.24) is 0 Å². The van der Waals surface area contributed by atoms with Gasteiger partial charge in [0, 0.05) is 10.9 Å². The summed E-state index contributed by atoms with van der Waals surface area (Å²) < 4.78 is 36.4. The first-order valence-electron chi connectivity index (χ1n) is 4.39. The van der Waals surface area contributed by atoms with Crippen LogP contribution < -0.4 is 0 Å². The Kier molecular flexibility index (Phi) is 4.16. The summed E-state index contributed by atoms with van der Waals surface area (Å²) in [4.78, 5) is 0. The molecule has 0 aromatic heterocycles. The summed E-state index contributed by atoms with van der Waals surface area (Å²) in [7, 11) is 0. The van der Waals surface area contributed by atoms with E-state index >= 15 is 0 Å². The van der Waals surface area contributed by atoms with Gasteiger partial charge in [-0.3, -0.25) is 0 Å². The molecule has 1 aromatic carbocycles. The number of rotatable bonds is 3. The molecule has 0 fully saturated rings. The van der Waals surface area contributed by atoms with E-state index in [1.807, 2.05) is 0 Å². The van der Waals surface area contributed by atoms with Crippen LogP contribution in [-0.4, -0.2) is 11.3 Å². The van der Waals surface area contributed by atoms with Crippen LogP contribution >= 0.6 is 15.9 Å². The van der Waals surface area contributed by atoms with Crippen LogP contribution in [0.3, 0.4) is 0 Å². The van der Waals surface area contributed by atoms with E-state index in [-0.39, 0.29) is 6.42 Å². The predicted octanol–water partition coefficient (Wildman–Crippen LogP) is 3.83. The van der Waals surface area contributed by atoms with Crippen LogP contribution in [0.25, 0.3) is 0 Å². The van der Waals surface area contributed by atoms with Crippen molar-refractivity contribution in [1.29, 1.82) is 0 Å². The zero-order valence-corrected chi connectivity index (χ0v) is 9.35. The summed E-state index contributed by atoms with van der Waals surface area (Å²) in [5.41, 5.74) is 0.494. The largest absolute Gasteiger partial charge is 0.389 e. The van der Waals surface area contributed by atoms with E-state index in [1.54, 1.807) is 24.3 Å². The summed E-state index contributed by atoms with van der Waals surface area (Å²) in [5.74, 6) is 0. The monoisotopic (exact) mass is 282 g/mol. The van der Waals surface area contributed by atoms with Crippen molar-refractivity contribution in [2.75, 3.05) is 0 Å². The van der Waals surface area contributed by atoms with Gasteiger partial charge in [-0.05, 0) is 24.1 Å². The van der Waals surface area contributed by atoms with E-state index in [0.717, 1.165) is 4.47 Å². The third-order valence-corrected chi connectivity index (χ3v) is 2.43. The molecule has 0 aliphatic rings. The van der Waals surface area contributed by atoms with E-state index in [2.05, 4.69) is 15.9 Å². The third kappa shape index (κ3) is 4.66. The normalized spacial score (nSPS) is 13.9. The van der Waals surface area contributed by atoms with Crippen molar-refractivity contribution in [3.63, 3.8) is 0 Å². The second kappa shape index (κ2) is 4.99. The molecule has 84 valence electrons. The van der Waals surface area contributed by atoms with Crippen molar-refractivity contribution in [3.05, 3.63) is 34.3 Å². The molecule has 0 aliphatic heterocycles. The van der Waals surface area contributed by atoms with Crippen molar-refractivity contribution in [3.8, 4) is 0 Å². The van der Waals surface area contributed by atoms with Crippen LogP contribution in [0.1, 0.15) is 24.5 Å². The van der Waals surface area contributed by atoms with Gasteiger partial charge in [0.2, 0.25) is 0 Å². The Morgan fingerprint density at radius 3 is 2.53 bits per heavy atom. The Hall–Kier alpha value is -0.550. The summed E-state index contributed by atoms with van der Waals surface area (Å²) in [6, 6.07) is 6.64. The molecule has 1 aromatic rings. The second-order valence-corrected chi connectivity index (χ2v) is 4.14. The van der Waals surface area contributed by atoms with Crippen LogP contribution in [0.5, 0.6) is 0 Å². The minimum atomic E-state index is -4.22. The lowest BCUT2D eigenvalue weighted by Crippen LogP contribution is -2.10. The highest BCUT2D eigenvalue weighted by molar-refractivity contribution is 9.10. The van der Waals surface area contributed by atoms with Crippen LogP contribution in [0, 0.1) is 0 Å². The fraction of sp³-hybridized carbons (Fsp3) is 0.400. The molecule has 0 radical (unpaired) electrons. The average molecular weight is 283 g/mol. The van der Waals surface area contributed by atoms with Crippen LogP contribution in [-0.2, 0) is 0 Å². The molecule has 0 saturated heterocycles.